The molecule has 2 heterocycles. The zero-order valence-electron chi connectivity index (χ0n) is 14.2. The van der Waals surface area contributed by atoms with Crippen molar-refractivity contribution < 1.29 is 19.1 Å². The Morgan fingerprint density at radius 2 is 2.04 bits per heavy atom. The maximum atomic E-state index is 13.7. The molecule has 27 heavy (non-hydrogen) atoms. The molecule has 0 unspecified atom stereocenters. The molecule has 0 spiro atoms. The van der Waals surface area contributed by atoms with E-state index in [0.717, 1.165) is 41.1 Å². The van der Waals surface area contributed by atoms with Crippen LogP contribution in [-0.4, -0.2) is 35.4 Å². The van der Waals surface area contributed by atoms with Gasteiger partial charge in [-0.15, -0.1) is 0 Å². The van der Waals surface area contributed by atoms with E-state index >= 15 is 0 Å². The number of thiazole rings is 1. The second kappa shape index (κ2) is 6.96. The zero-order chi connectivity index (χ0) is 19.0. The van der Waals surface area contributed by atoms with Crippen molar-refractivity contribution in [2.24, 2.45) is 0 Å². The van der Waals surface area contributed by atoms with Crippen LogP contribution in [0.4, 0.5) is 15.2 Å². The number of nitrogens with zero attached hydrogens (tertiary/aromatic N) is 2. The molecule has 0 bridgehead atoms. The minimum atomic E-state index is -1.02. The van der Waals surface area contributed by atoms with Crippen LogP contribution in [0.25, 0.3) is 10.2 Å². The van der Waals surface area contributed by atoms with E-state index in [4.69, 9.17) is 0 Å². The molecule has 2 N–H and O–H groups in total. The Morgan fingerprint density at radius 1 is 1.26 bits per heavy atom. The van der Waals surface area contributed by atoms with Gasteiger partial charge in [-0.05, 0) is 43.2 Å². The predicted octanol–water partition coefficient (Wildman–Crippen LogP) is 3.81. The normalized spacial score (nSPS) is 13.9. The fourth-order valence-electron chi connectivity index (χ4n) is 3.15. The first-order valence-electron chi connectivity index (χ1n) is 8.50. The standard InChI is InChI=1S/C19H16FN3O3S/c20-14-8-11(7-12(10-24)17(14)25)18(26)22-19-21-15-4-3-13(9-16(15)27-19)23-5-1-2-6-23/h3-4,7-10,25H,1-2,5-6H2,(H,21,22,26). The number of nitrogens with one attached hydrogen (secondary N) is 1. The highest BCUT2D eigenvalue weighted by Gasteiger charge is 2.17. The molecule has 138 valence electrons. The van der Waals surface area contributed by atoms with Crippen molar-refractivity contribution in [1.29, 1.82) is 0 Å². The molecule has 4 rings (SSSR count). The first kappa shape index (κ1) is 17.4. The molecule has 3 aromatic rings. The summed E-state index contributed by atoms with van der Waals surface area (Å²) in [5.41, 5.74) is 1.56. The number of hydrogen-bond donors (Lipinski definition) is 2. The number of rotatable bonds is 4. The van der Waals surface area contributed by atoms with Gasteiger partial charge in [0, 0.05) is 24.3 Å². The summed E-state index contributed by atoms with van der Waals surface area (Å²) in [6.07, 6.45) is 2.68. The molecule has 1 amide bonds. The lowest BCUT2D eigenvalue weighted by Gasteiger charge is -2.16. The lowest BCUT2D eigenvalue weighted by molar-refractivity contribution is 0.102. The second-order valence-corrected chi connectivity index (χ2v) is 7.36. The van der Waals surface area contributed by atoms with Gasteiger partial charge in [0.05, 0.1) is 15.8 Å². The van der Waals surface area contributed by atoms with Crippen molar-refractivity contribution in [3.8, 4) is 5.75 Å². The van der Waals surface area contributed by atoms with Crippen molar-refractivity contribution in [2.45, 2.75) is 12.8 Å². The average Bonchev–Trinajstić information content (AvgIpc) is 3.32. The molecule has 8 heteroatoms. The van der Waals surface area contributed by atoms with Crippen LogP contribution in [-0.2, 0) is 0 Å². The van der Waals surface area contributed by atoms with Crippen LogP contribution in [0, 0.1) is 5.82 Å². The summed E-state index contributed by atoms with van der Waals surface area (Å²) in [4.78, 5) is 30.0. The monoisotopic (exact) mass is 385 g/mol. The smallest absolute Gasteiger partial charge is 0.257 e. The maximum absolute atomic E-state index is 13.7. The molecule has 1 fully saturated rings. The molecule has 0 aliphatic carbocycles. The largest absolute Gasteiger partial charge is 0.504 e. The van der Waals surface area contributed by atoms with E-state index in [1.165, 1.54) is 24.2 Å². The molecule has 0 radical (unpaired) electrons. The van der Waals surface area contributed by atoms with Gasteiger partial charge in [0.25, 0.3) is 5.91 Å². The van der Waals surface area contributed by atoms with Gasteiger partial charge < -0.3 is 10.0 Å². The third kappa shape index (κ3) is 3.35. The van der Waals surface area contributed by atoms with Crippen LogP contribution in [0.2, 0.25) is 0 Å². The molecule has 1 saturated heterocycles. The predicted molar refractivity (Wildman–Crippen MR) is 102 cm³/mol. The fraction of sp³-hybridized carbons (Fsp3) is 0.211. The van der Waals surface area contributed by atoms with Gasteiger partial charge in [0.15, 0.2) is 23.0 Å². The number of anilines is 2. The number of phenolic OH excluding ortho intramolecular Hbond substituents is 1. The molecule has 1 aromatic heterocycles. The Morgan fingerprint density at radius 3 is 2.78 bits per heavy atom. The summed E-state index contributed by atoms with van der Waals surface area (Å²) in [7, 11) is 0. The number of aldehydes is 1. The number of carbonyl (C=O) groups is 2. The lowest BCUT2D eigenvalue weighted by atomic mass is 10.1. The number of hydrogen-bond acceptors (Lipinski definition) is 6. The van der Waals surface area contributed by atoms with E-state index in [0.29, 0.717) is 11.4 Å². The Bertz CT molecular complexity index is 1040. The van der Waals surface area contributed by atoms with E-state index in [1.54, 1.807) is 0 Å². The third-order valence-electron chi connectivity index (χ3n) is 4.55. The van der Waals surface area contributed by atoms with Gasteiger partial charge in [-0.25, -0.2) is 9.37 Å². The van der Waals surface area contributed by atoms with Gasteiger partial charge in [-0.2, -0.15) is 0 Å². The second-order valence-electron chi connectivity index (χ2n) is 6.33. The Labute approximate surface area is 158 Å². The van der Waals surface area contributed by atoms with E-state index < -0.39 is 17.5 Å². The number of benzene rings is 2. The Balaban J connectivity index is 1.58. The third-order valence-corrected chi connectivity index (χ3v) is 5.48. The molecule has 0 saturated carbocycles. The summed E-state index contributed by atoms with van der Waals surface area (Å²) in [6, 6.07) is 8.01. The molecule has 0 atom stereocenters. The van der Waals surface area contributed by atoms with E-state index in [2.05, 4.69) is 21.3 Å². The van der Waals surface area contributed by atoms with Crippen LogP contribution in [0.5, 0.6) is 5.75 Å². The van der Waals surface area contributed by atoms with E-state index in [-0.39, 0.29) is 11.1 Å². The van der Waals surface area contributed by atoms with Gasteiger partial charge in [0.1, 0.15) is 0 Å². The SMILES string of the molecule is O=Cc1cc(C(=O)Nc2nc3ccc(N4CCCC4)cc3s2)cc(F)c1O. The van der Waals surface area contributed by atoms with E-state index in [9.17, 15) is 19.1 Å². The molecule has 1 aliphatic rings. The number of fused-ring (bicyclic) bond motifs is 1. The minimum Gasteiger partial charge on any atom is -0.504 e. The van der Waals surface area contributed by atoms with Crippen molar-refractivity contribution in [1.82, 2.24) is 4.98 Å². The molecular weight excluding hydrogens is 369 g/mol. The summed E-state index contributed by atoms with van der Waals surface area (Å²) in [5.74, 6) is -2.39. The first-order chi connectivity index (χ1) is 13.0. The summed E-state index contributed by atoms with van der Waals surface area (Å²) >= 11 is 1.33. The summed E-state index contributed by atoms with van der Waals surface area (Å²) in [6.45, 7) is 2.08. The molecular formula is C19H16FN3O3S. The van der Waals surface area contributed by atoms with Gasteiger partial charge in [-0.1, -0.05) is 11.3 Å². The molecule has 1 aliphatic heterocycles. The summed E-state index contributed by atoms with van der Waals surface area (Å²) < 4.78 is 14.6. The van der Waals surface area contributed by atoms with Crippen molar-refractivity contribution in [3.63, 3.8) is 0 Å². The number of halogens is 1. The number of aromatic hydroxyl groups is 1. The highest BCUT2D eigenvalue weighted by Crippen LogP contribution is 2.31. The van der Waals surface area contributed by atoms with E-state index in [1.807, 2.05) is 12.1 Å². The lowest BCUT2D eigenvalue weighted by Crippen LogP contribution is -2.17. The Kier molecular flexibility index (Phi) is 4.49. The average molecular weight is 385 g/mol. The van der Waals surface area contributed by atoms with Gasteiger partial charge in [-0.3, -0.25) is 14.9 Å². The zero-order valence-corrected chi connectivity index (χ0v) is 15.1. The number of aromatic nitrogens is 1. The van der Waals surface area contributed by atoms with Crippen molar-refractivity contribution in [2.75, 3.05) is 23.3 Å². The van der Waals surface area contributed by atoms with Crippen molar-refractivity contribution in [3.05, 3.63) is 47.3 Å². The van der Waals surface area contributed by atoms with Crippen LogP contribution in [0.1, 0.15) is 33.6 Å². The highest BCUT2D eigenvalue weighted by atomic mass is 32.1. The van der Waals surface area contributed by atoms with Crippen LogP contribution in [0.3, 0.4) is 0 Å². The highest BCUT2D eigenvalue weighted by molar-refractivity contribution is 7.22. The topological polar surface area (TPSA) is 82.5 Å². The van der Waals surface area contributed by atoms with Crippen LogP contribution in [0.15, 0.2) is 30.3 Å². The Hall–Kier alpha value is -3.00. The number of amides is 1. The summed E-state index contributed by atoms with van der Waals surface area (Å²) in [5, 5.41) is 12.5. The van der Waals surface area contributed by atoms with Gasteiger partial charge in [0.2, 0.25) is 0 Å². The van der Waals surface area contributed by atoms with Crippen LogP contribution >= 0.6 is 11.3 Å². The maximum Gasteiger partial charge on any atom is 0.257 e. The van der Waals surface area contributed by atoms with Crippen molar-refractivity contribution >= 4 is 44.6 Å². The quantitative estimate of drug-likeness (QED) is 0.668. The fourth-order valence-corrected chi connectivity index (χ4v) is 4.04. The van der Waals surface area contributed by atoms with Crippen LogP contribution < -0.4 is 10.2 Å². The first-order valence-corrected chi connectivity index (χ1v) is 9.31. The minimum absolute atomic E-state index is 0.0654. The molecule has 2 aromatic carbocycles. The number of carbonyl (C=O) groups excluding carboxylic acids is 2. The molecule has 6 nitrogen and oxygen atoms in total. The van der Waals surface area contributed by atoms with Gasteiger partial charge >= 0.3 is 0 Å². The number of phenols is 1.